The molecule has 0 fully saturated rings. The molecule has 4 rings (SSSR count). The molecular formula is C28H29N3O. The summed E-state index contributed by atoms with van der Waals surface area (Å²) < 4.78 is 2.22. The van der Waals surface area contributed by atoms with Gasteiger partial charge >= 0.3 is 6.03 Å². The first kappa shape index (κ1) is 21.4. The zero-order valence-corrected chi connectivity index (χ0v) is 18.7. The van der Waals surface area contributed by atoms with Crippen molar-refractivity contribution in [2.75, 3.05) is 5.32 Å². The number of carbonyl (C=O) groups excluding carboxylic acids is 1. The molecule has 32 heavy (non-hydrogen) atoms. The average molecular weight is 424 g/mol. The first-order valence-corrected chi connectivity index (χ1v) is 10.9. The lowest BCUT2D eigenvalue weighted by Gasteiger charge is -2.24. The molecule has 1 heterocycles. The van der Waals surface area contributed by atoms with Crippen molar-refractivity contribution in [3.63, 3.8) is 0 Å². The van der Waals surface area contributed by atoms with E-state index in [0.717, 1.165) is 29.1 Å². The Labute approximate surface area is 190 Å². The highest BCUT2D eigenvalue weighted by molar-refractivity contribution is 5.89. The number of aromatic nitrogens is 1. The van der Waals surface area contributed by atoms with Crippen molar-refractivity contribution in [1.82, 2.24) is 9.47 Å². The molecule has 0 aliphatic carbocycles. The zero-order valence-electron chi connectivity index (χ0n) is 18.7. The van der Waals surface area contributed by atoms with Gasteiger partial charge in [-0.1, -0.05) is 66.7 Å². The maximum atomic E-state index is 13.3. The van der Waals surface area contributed by atoms with Crippen molar-refractivity contribution in [3.05, 3.63) is 125 Å². The lowest BCUT2D eigenvalue weighted by atomic mass is 10.1. The Balaban J connectivity index is 1.56. The fraction of sp³-hybridized carbons (Fsp3) is 0.179. The number of amides is 2. The normalized spacial score (nSPS) is 10.7. The number of aryl methyl sites for hydroxylation is 2. The maximum absolute atomic E-state index is 13.3. The van der Waals surface area contributed by atoms with Crippen LogP contribution in [0.2, 0.25) is 0 Å². The van der Waals surface area contributed by atoms with Gasteiger partial charge in [-0.3, -0.25) is 0 Å². The summed E-state index contributed by atoms with van der Waals surface area (Å²) in [5.41, 5.74) is 6.68. The van der Waals surface area contributed by atoms with Crippen molar-refractivity contribution in [2.45, 2.75) is 33.5 Å². The van der Waals surface area contributed by atoms with Crippen LogP contribution in [0.5, 0.6) is 0 Å². The minimum absolute atomic E-state index is 0.108. The summed E-state index contributed by atoms with van der Waals surface area (Å²) in [5, 5.41) is 3.07. The summed E-state index contributed by atoms with van der Waals surface area (Å²) in [4.78, 5) is 15.1. The highest BCUT2D eigenvalue weighted by Crippen LogP contribution is 2.17. The number of nitrogens with one attached hydrogen (secondary N) is 1. The molecule has 0 saturated heterocycles. The Bertz CT molecular complexity index is 1180. The zero-order chi connectivity index (χ0) is 22.3. The van der Waals surface area contributed by atoms with E-state index < -0.39 is 0 Å². The first-order valence-electron chi connectivity index (χ1n) is 10.9. The van der Waals surface area contributed by atoms with Crippen LogP contribution in [0.1, 0.15) is 27.9 Å². The Kier molecular flexibility index (Phi) is 6.71. The van der Waals surface area contributed by atoms with E-state index in [2.05, 4.69) is 65.5 Å². The van der Waals surface area contributed by atoms with E-state index in [0.29, 0.717) is 13.1 Å². The van der Waals surface area contributed by atoms with E-state index in [1.807, 2.05) is 60.4 Å². The Morgan fingerprint density at radius 3 is 2.41 bits per heavy atom. The molecule has 0 unspecified atom stereocenters. The minimum atomic E-state index is -0.108. The summed E-state index contributed by atoms with van der Waals surface area (Å²) in [6, 6.07) is 30.5. The van der Waals surface area contributed by atoms with Gasteiger partial charge in [0.05, 0.1) is 6.54 Å². The summed E-state index contributed by atoms with van der Waals surface area (Å²) >= 11 is 0. The van der Waals surface area contributed by atoms with Crippen LogP contribution in [0.4, 0.5) is 10.5 Å². The third-order valence-corrected chi connectivity index (χ3v) is 5.65. The predicted molar refractivity (Wildman–Crippen MR) is 131 cm³/mol. The number of benzene rings is 3. The second-order valence-corrected chi connectivity index (χ2v) is 8.20. The second kappa shape index (κ2) is 10.0. The molecule has 1 aromatic heterocycles. The van der Waals surface area contributed by atoms with E-state index in [4.69, 9.17) is 0 Å². The fourth-order valence-corrected chi connectivity index (χ4v) is 3.84. The molecule has 0 radical (unpaired) electrons. The number of rotatable bonds is 7. The van der Waals surface area contributed by atoms with E-state index in [-0.39, 0.29) is 6.03 Å². The van der Waals surface area contributed by atoms with Crippen molar-refractivity contribution >= 4 is 11.7 Å². The predicted octanol–water partition coefficient (Wildman–Crippen LogP) is 6.39. The standard InChI is InChI=1S/C28H29N3O/c1-22-10-8-15-26(18-22)29-28(32)31(19-24-12-4-3-5-13-24)21-27-16-9-17-30(27)20-25-14-7-6-11-23(25)2/h3-18H,19-21H2,1-2H3,(H,29,32). The average Bonchev–Trinajstić information content (AvgIpc) is 3.22. The summed E-state index contributed by atoms with van der Waals surface area (Å²) in [6.45, 7) is 6.00. The van der Waals surface area contributed by atoms with Gasteiger partial charge < -0.3 is 14.8 Å². The molecule has 1 N–H and O–H groups in total. The molecule has 0 saturated carbocycles. The Hall–Kier alpha value is -3.79. The first-order chi connectivity index (χ1) is 15.6. The lowest BCUT2D eigenvalue weighted by Crippen LogP contribution is -2.34. The number of hydrogen-bond donors (Lipinski definition) is 1. The molecule has 2 amide bonds. The van der Waals surface area contributed by atoms with Crippen molar-refractivity contribution in [3.8, 4) is 0 Å². The topological polar surface area (TPSA) is 37.3 Å². The molecule has 0 atom stereocenters. The highest BCUT2D eigenvalue weighted by atomic mass is 16.2. The van der Waals surface area contributed by atoms with Crippen molar-refractivity contribution in [2.24, 2.45) is 0 Å². The second-order valence-electron chi connectivity index (χ2n) is 8.20. The van der Waals surface area contributed by atoms with Crippen molar-refractivity contribution in [1.29, 1.82) is 0 Å². The molecule has 3 aromatic carbocycles. The van der Waals surface area contributed by atoms with Crippen LogP contribution in [0.15, 0.2) is 97.2 Å². The number of anilines is 1. The summed E-state index contributed by atoms with van der Waals surface area (Å²) in [5.74, 6) is 0. The molecule has 162 valence electrons. The SMILES string of the molecule is Cc1cccc(NC(=O)N(Cc2ccccc2)Cc2cccn2Cc2ccccc2C)c1. The van der Waals surface area contributed by atoms with Gasteiger partial charge in [0.1, 0.15) is 0 Å². The molecule has 0 spiro atoms. The third-order valence-electron chi connectivity index (χ3n) is 5.65. The summed E-state index contributed by atoms with van der Waals surface area (Å²) in [7, 11) is 0. The van der Waals surface area contributed by atoms with Crippen LogP contribution >= 0.6 is 0 Å². The van der Waals surface area contributed by atoms with Crippen LogP contribution in [0, 0.1) is 13.8 Å². The third kappa shape index (κ3) is 5.46. The number of nitrogens with zero attached hydrogens (tertiary/aromatic N) is 2. The summed E-state index contributed by atoms with van der Waals surface area (Å²) in [6.07, 6.45) is 2.08. The van der Waals surface area contributed by atoms with E-state index >= 15 is 0 Å². The van der Waals surface area contributed by atoms with Crippen LogP contribution in [-0.4, -0.2) is 15.5 Å². The lowest BCUT2D eigenvalue weighted by molar-refractivity contribution is 0.205. The van der Waals surface area contributed by atoms with E-state index in [1.165, 1.54) is 11.1 Å². The van der Waals surface area contributed by atoms with Crippen LogP contribution in [-0.2, 0) is 19.6 Å². The van der Waals surface area contributed by atoms with Gasteiger partial charge in [0.15, 0.2) is 0 Å². The smallest absolute Gasteiger partial charge is 0.322 e. The van der Waals surface area contributed by atoms with Crippen LogP contribution in [0.3, 0.4) is 0 Å². The van der Waals surface area contributed by atoms with Crippen LogP contribution < -0.4 is 5.32 Å². The highest BCUT2D eigenvalue weighted by Gasteiger charge is 2.17. The molecule has 4 heteroatoms. The van der Waals surface area contributed by atoms with Gasteiger partial charge in [0, 0.05) is 30.7 Å². The maximum Gasteiger partial charge on any atom is 0.322 e. The molecule has 0 bridgehead atoms. The van der Waals surface area contributed by atoms with Gasteiger partial charge in [0.25, 0.3) is 0 Å². The quantitative estimate of drug-likeness (QED) is 0.367. The van der Waals surface area contributed by atoms with Gasteiger partial charge in [-0.05, 0) is 60.4 Å². The van der Waals surface area contributed by atoms with Gasteiger partial charge in [-0.15, -0.1) is 0 Å². The Morgan fingerprint density at radius 2 is 1.62 bits per heavy atom. The number of carbonyl (C=O) groups is 1. The van der Waals surface area contributed by atoms with Crippen molar-refractivity contribution < 1.29 is 4.79 Å². The monoisotopic (exact) mass is 423 g/mol. The molecule has 0 aliphatic rings. The number of hydrogen-bond acceptors (Lipinski definition) is 1. The molecule has 4 nitrogen and oxygen atoms in total. The van der Waals surface area contributed by atoms with Gasteiger partial charge in [-0.25, -0.2) is 4.79 Å². The molecular weight excluding hydrogens is 394 g/mol. The fourth-order valence-electron chi connectivity index (χ4n) is 3.84. The van der Waals surface area contributed by atoms with E-state index in [9.17, 15) is 4.79 Å². The Morgan fingerprint density at radius 1 is 0.844 bits per heavy atom. The van der Waals surface area contributed by atoms with Gasteiger partial charge in [0.2, 0.25) is 0 Å². The largest absolute Gasteiger partial charge is 0.345 e. The number of urea groups is 1. The minimum Gasteiger partial charge on any atom is -0.345 e. The molecule has 4 aromatic rings. The van der Waals surface area contributed by atoms with Crippen LogP contribution in [0.25, 0.3) is 0 Å². The van der Waals surface area contributed by atoms with Gasteiger partial charge in [-0.2, -0.15) is 0 Å². The van der Waals surface area contributed by atoms with E-state index in [1.54, 1.807) is 0 Å². The molecule has 0 aliphatic heterocycles.